The molecule has 0 radical (unpaired) electrons. The number of urea groups is 1. The number of hydrogen-bond acceptors (Lipinski definition) is 3. The lowest BCUT2D eigenvalue weighted by molar-refractivity contribution is 0.0697. The van der Waals surface area contributed by atoms with E-state index in [0.717, 1.165) is 51.0 Å². The number of likely N-dealkylation sites (tertiary alicyclic amines) is 1. The van der Waals surface area contributed by atoms with Crippen molar-refractivity contribution >= 4 is 23.4 Å². The van der Waals surface area contributed by atoms with Gasteiger partial charge in [-0.3, -0.25) is 4.90 Å². The number of benzene rings is 3. The highest BCUT2D eigenvalue weighted by molar-refractivity contribution is 6.02. The third-order valence-electron chi connectivity index (χ3n) is 6.70. The molecule has 0 unspecified atom stereocenters. The molecule has 2 N–H and O–H groups in total. The third-order valence-corrected chi connectivity index (χ3v) is 6.70. The Balaban J connectivity index is 1.28. The van der Waals surface area contributed by atoms with Crippen LogP contribution >= 0.6 is 0 Å². The first kappa shape index (κ1) is 25.4. The van der Waals surface area contributed by atoms with E-state index in [2.05, 4.69) is 10.2 Å². The van der Waals surface area contributed by atoms with Gasteiger partial charge in [-0.05, 0) is 105 Å². The van der Waals surface area contributed by atoms with Crippen LogP contribution in [0.1, 0.15) is 35.2 Å². The molecule has 4 rings (SSSR count). The monoisotopic (exact) mass is 489 g/mol. The van der Waals surface area contributed by atoms with Crippen molar-refractivity contribution in [1.82, 2.24) is 4.90 Å². The number of carboxylic acids is 1. The minimum Gasteiger partial charge on any atom is -0.478 e. The number of aromatic carboxylic acids is 1. The Morgan fingerprint density at radius 1 is 0.944 bits per heavy atom. The van der Waals surface area contributed by atoms with Crippen molar-refractivity contribution in [3.63, 3.8) is 0 Å². The molecule has 0 spiro atoms. The number of nitrogens with zero attached hydrogens (tertiary/aromatic N) is 2. The van der Waals surface area contributed by atoms with Gasteiger partial charge in [-0.25, -0.2) is 14.0 Å². The van der Waals surface area contributed by atoms with Gasteiger partial charge in [0.05, 0.1) is 5.56 Å². The zero-order chi connectivity index (χ0) is 25.3. The topological polar surface area (TPSA) is 72.9 Å². The Bertz CT molecular complexity index is 1130. The summed E-state index contributed by atoms with van der Waals surface area (Å²) >= 11 is 0. The molecule has 1 heterocycles. The Morgan fingerprint density at radius 3 is 2.25 bits per heavy atom. The first-order valence-electron chi connectivity index (χ1n) is 12.4. The molecular formula is C29H32FN3O3. The van der Waals surface area contributed by atoms with E-state index in [9.17, 15) is 14.0 Å². The Hall–Kier alpha value is -3.71. The van der Waals surface area contributed by atoms with Crippen molar-refractivity contribution in [3.05, 3.63) is 95.8 Å². The summed E-state index contributed by atoms with van der Waals surface area (Å²) < 4.78 is 13.1. The van der Waals surface area contributed by atoms with Crippen LogP contribution in [0.25, 0.3) is 0 Å². The molecule has 0 saturated carbocycles. The summed E-state index contributed by atoms with van der Waals surface area (Å²) in [4.78, 5) is 28.4. The number of hydrogen-bond donors (Lipinski definition) is 2. The van der Waals surface area contributed by atoms with Crippen LogP contribution in [0.4, 0.5) is 20.6 Å². The number of carbonyl (C=O) groups excluding carboxylic acids is 1. The number of anilines is 2. The average molecular weight is 490 g/mol. The normalized spacial score (nSPS) is 14.4. The van der Waals surface area contributed by atoms with Crippen LogP contribution in [0, 0.1) is 11.7 Å². The summed E-state index contributed by atoms with van der Waals surface area (Å²) in [5, 5.41) is 12.0. The molecule has 0 atom stereocenters. The van der Waals surface area contributed by atoms with E-state index in [0.29, 0.717) is 18.2 Å². The van der Waals surface area contributed by atoms with Gasteiger partial charge in [-0.1, -0.05) is 30.3 Å². The molecule has 3 aromatic rings. The molecule has 0 aromatic heterocycles. The quantitative estimate of drug-likeness (QED) is 0.392. The van der Waals surface area contributed by atoms with Crippen molar-refractivity contribution in [1.29, 1.82) is 0 Å². The van der Waals surface area contributed by atoms with E-state index in [1.807, 2.05) is 42.5 Å². The Kier molecular flexibility index (Phi) is 8.68. The van der Waals surface area contributed by atoms with Crippen LogP contribution in [-0.4, -0.2) is 48.2 Å². The van der Waals surface area contributed by atoms with E-state index in [1.54, 1.807) is 17.0 Å². The summed E-state index contributed by atoms with van der Waals surface area (Å²) in [6.45, 7) is 3.53. The second-order valence-electron chi connectivity index (χ2n) is 9.27. The van der Waals surface area contributed by atoms with Gasteiger partial charge in [0.2, 0.25) is 0 Å². The first-order valence-corrected chi connectivity index (χ1v) is 12.4. The van der Waals surface area contributed by atoms with Gasteiger partial charge in [-0.2, -0.15) is 0 Å². The van der Waals surface area contributed by atoms with Crippen molar-refractivity contribution in [2.45, 2.75) is 25.7 Å². The lowest BCUT2D eigenvalue weighted by Gasteiger charge is -2.32. The smallest absolute Gasteiger partial charge is 0.335 e. The minimum atomic E-state index is -1.00. The second-order valence-corrected chi connectivity index (χ2v) is 9.27. The maximum Gasteiger partial charge on any atom is 0.335 e. The van der Waals surface area contributed by atoms with E-state index >= 15 is 0 Å². The fraction of sp³-hybridized carbons (Fsp3) is 0.310. The zero-order valence-electron chi connectivity index (χ0n) is 20.3. The van der Waals surface area contributed by atoms with Crippen LogP contribution < -0.4 is 10.2 Å². The SMILES string of the molecule is O=C(O)c1ccc(NC(=O)N(CCCN2CCC(Cc3ccc(F)cc3)CC2)c2ccccc2)cc1. The molecular weight excluding hydrogens is 457 g/mol. The summed E-state index contributed by atoms with van der Waals surface area (Å²) in [7, 11) is 0. The summed E-state index contributed by atoms with van der Waals surface area (Å²) in [5.74, 6) is -0.577. The molecule has 1 aliphatic heterocycles. The van der Waals surface area contributed by atoms with Crippen LogP contribution in [0.15, 0.2) is 78.9 Å². The van der Waals surface area contributed by atoms with Crippen LogP contribution in [0.3, 0.4) is 0 Å². The highest BCUT2D eigenvalue weighted by Gasteiger charge is 2.21. The van der Waals surface area contributed by atoms with Gasteiger partial charge in [-0.15, -0.1) is 0 Å². The fourth-order valence-corrected chi connectivity index (χ4v) is 4.66. The van der Waals surface area contributed by atoms with Crippen molar-refractivity contribution in [2.24, 2.45) is 5.92 Å². The number of para-hydroxylation sites is 1. The van der Waals surface area contributed by atoms with Gasteiger partial charge in [0.15, 0.2) is 0 Å². The fourth-order valence-electron chi connectivity index (χ4n) is 4.66. The predicted molar refractivity (Wildman–Crippen MR) is 140 cm³/mol. The number of halogens is 1. The van der Waals surface area contributed by atoms with Crippen molar-refractivity contribution in [3.8, 4) is 0 Å². The number of rotatable bonds is 9. The van der Waals surface area contributed by atoms with Crippen molar-refractivity contribution < 1.29 is 19.1 Å². The van der Waals surface area contributed by atoms with E-state index in [-0.39, 0.29) is 17.4 Å². The predicted octanol–water partition coefficient (Wildman–Crippen LogP) is 5.91. The molecule has 1 fully saturated rings. The van der Waals surface area contributed by atoms with E-state index < -0.39 is 5.97 Å². The van der Waals surface area contributed by atoms with Crippen LogP contribution in [-0.2, 0) is 6.42 Å². The summed E-state index contributed by atoms with van der Waals surface area (Å²) in [5.41, 5.74) is 2.73. The first-order chi connectivity index (χ1) is 17.5. The lowest BCUT2D eigenvalue weighted by atomic mass is 9.90. The van der Waals surface area contributed by atoms with Gasteiger partial charge in [0.25, 0.3) is 0 Å². The highest BCUT2D eigenvalue weighted by Crippen LogP contribution is 2.23. The standard InChI is InChI=1S/C29H32FN3O3/c30-25-11-7-22(8-12-25)21-23-15-19-32(20-16-23)17-4-18-33(27-5-2-1-3-6-27)29(36)31-26-13-9-24(10-14-26)28(34)35/h1-3,5-14,23H,4,15-21H2,(H,31,36)(H,34,35). The van der Waals surface area contributed by atoms with E-state index in [1.165, 1.54) is 29.8 Å². The Labute approximate surface area is 211 Å². The maximum absolute atomic E-state index is 13.1. The highest BCUT2D eigenvalue weighted by atomic mass is 19.1. The second kappa shape index (κ2) is 12.3. The van der Waals surface area contributed by atoms with Crippen molar-refractivity contribution in [2.75, 3.05) is 36.4 Å². The molecule has 2 amide bonds. The molecule has 3 aromatic carbocycles. The number of amides is 2. The minimum absolute atomic E-state index is 0.175. The van der Waals surface area contributed by atoms with Gasteiger partial charge >= 0.3 is 12.0 Å². The number of piperidine rings is 1. The molecule has 36 heavy (non-hydrogen) atoms. The lowest BCUT2D eigenvalue weighted by Crippen LogP contribution is -2.39. The third kappa shape index (κ3) is 7.15. The summed E-state index contributed by atoms with van der Waals surface area (Å²) in [6, 6.07) is 22.3. The molecule has 1 aliphatic rings. The molecule has 7 heteroatoms. The Morgan fingerprint density at radius 2 is 1.61 bits per heavy atom. The van der Waals surface area contributed by atoms with Gasteiger partial charge in [0.1, 0.15) is 5.82 Å². The van der Waals surface area contributed by atoms with Crippen LogP contribution in [0.2, 0.25) is 0 Å². The van der Waals surface area contributed by atoms with E-state index in [4.69, 9.17) is 5.11 Å². The summed E-state index contributed by atoms with van der Waals surface area (Å²) in [6.07, 6.45) is 4.06. The maximum atomic E-state index is 13.1. The van der Waals surface area contributed by atoms with Gasteiger partial charge in [0, 0.05) is 17.9 Å². The molecule has 188 valence electrons. The zero-order valence-corrected chi connectivity index (χ0v) is 20.3. The molecule has 0 bridgehead atoms. The number of carbonyl (C=O) groups is 2. The number of nitrogens with one attached hydrogen (secondary N) is 1. The van der Waals surface area contributed by atoms with Gasteiger partial charge < -0.3 is 15.3 Å². The average Bonchev–Trinajstić information content (AvgIpc) is 2.89. The number of carboxylic acid groups (broad SMARTS) is 1. The molecule has 1 saturated heterocycles. The molecule has 0 aliphatic carbocycles. The molecule has 6 nitrogen and oxygen atoms in total. The largest absolute Gasteiger partial charge is 0.478 e. The van der Waals surface area contributed by atoms with Crippen LogP contribution in [0.5, 0.6) is 0 Å².